The summed E-state index contributed by atoms with van der Waals surface area (Å²) in [5.41, 5.74) is 0. The molecule has 0 aromatic carbocycles. The molecule has 2 aliphatic heterocycles. The number of nitrogens with one attached hydrogen (secondary N) is 1. The van der Waals surface area contributed by atoms with E-state index < -0.39 is 0 Å². The standard InChI is InChI=1S/C12H24N2O/c1-14(12-3-2-8-15-10-12)9-11-4-6-13-7-5-11/h11-13H,2-10H2,1H3. The van der Waals surface area contributed by atoms with Gasteiger partial charge >= 0.3 is 0 Å². The van der Waals surface area contributed by atoms with E-state index in [4.69, 9.17) is 4.74 Å². The van der Waals surface area contributed by atoms with Crippen molar-refractivity contribution in [2.75, 3.05) is 39.9 Å². The highest BCUT2D eigenvalue weighted by atomic mass is 16.5. The van der Waals surface area contributed by atoms with Gasteiger partial charge in [-0.25, -0.2) is 0 Å². The molecular formula is C12H24N2O. The summed E-state index contributed by atoms with van der Waals surface area (Å²) in [6.07, 6.45) is 5.25. The van der Waals surface area contributed by atoms with E-state index in [0.29, 0.717) is 6.04 Å². The molecule has 1 unspecified atom stereocenters. The molecule has 0 radical (unpaired) electrons. The monoisotopic (exact) mass is 212 g/mol. The SMILES string of the molecule is CN(CC1CCNCC1)C1CCCOC1. The van der Waals surface area contributed by atoms with Gasteiger partial charge in [0.15, 0.2) is 0 Å². The lowest BCUT2D eigenvalue weighted by Crippen LogP contribution is -2.42. The van der Waals surface area contributed by atoms with Crippen molar-refractivity contribution in [1.29, 1.82) is 0 Å². The molecular weight excluding hydrogens is 188 g/mol. The number of nitrogens with zero attached hydrogens (tertiary/aromatic N) is 1. The predicted molar refractivity (Wildman–Crippen MR) is 62.1 cm³/mol. The number of rotatable bonds is 3. The summed E-state index contributed by atoms with van der Waals surface area (Å²) in [6.45, 7) is 5.59. The summed E-state index contributed by atoms with van der Waals surface area (Å²) in [5.74, 6) is 0.901. The van der Waals surface area contributed by atoms with Crippen LogP contribution in [0.1, 0.15) is 25.7 Å². The highest BCUT2D eigenvalue weighted by Gasteiger charge is 2.22. The van der Waals surface area contributed by atoms with E-state index in [2.05, 4.69) is 17.3 Å². The van der Waals surface area contributed by atoms with Gasteiger partial charge in [-0.05, 0) is 51.7 Å². The van der Waals surface area contributed by atoms with Gasteiger partial charge in [0, 0.05) is 19.2 Å². The Morgan fingerprint density at radius 3 is 2.73 bits per heavy atom. The first-order chi connectivity index (χ1) is 7.36. The largest absolute Gasteiger partial charge is 0.380 e. The van der Waals surface area contributed by atoms with Crippen LogP contribution in [-0.2, 0) is 4.74 Å². The van der Waals surface area contributed by atoms with Crippen LogP contribution in [0.25, 0.3) is 0 Å². The second-order valence-corrected chi connectivity index (χ2v) is 5.00. The van der Waals surface area contributed by atoms with Gasteiger partial charge in [-0.3, -0.25) is 0 Å². The van der Waals surface area contributed by atoms with Crippen LogP contribution in [-0.4, -0.2) is 50.8 Å². The van der Waals surface area contributed by atoms with Gasteiger partial charge < -0.3 is 15.0 Å². The molecule has 88 valence electrons. The van der Waals surface area contributed by atoms with Crippen molar-refractivity contribution in [1.82, 2.24) is 10.2 Å². The molecule has 0 aromatic heterocycles. The third-order valence-electron chi connectivity index (χ3n) is 3.76. The van der Waals surface area contributed by atoms with Gasteiger partial charge in [0.1, 0.15) is 0 Å². The van der Waals surface area contributed by atoms with Crippen molar-refractivity contribution < 1.29 is 4.74 Å². The third-order valence-corrected chi connectivity index (χ3v) is 3.76. The summed E-state index contributed by atoms with van der Waals surface area (Å²) in [7, 11) is 2.27. The lowest BCUT2D eigenvalue weighted by Gasteiger charge is -2.34. The van der Waals surface area contributed by atoms with Gasteiger partial charge in [-0.15, -0.1) is 0 Å². The molecule has 1 atom stereocenters. The maximum Gasteiger partial charge on any atom is 0.0621 e. The maximum atomic E-state index is 5.54. The van der Waals surface area contributed by atoms with E-state index in [1.165, 1.54) is 45.3 Å². The van der Waals surface area contributed by atoms with Crippen molar-refractivity contribution in [2.45, 2.75) is 31.7 Å². The Kier molecular flexibility index (Phi) is 4.42. The van der Waals surface area contributed by atoms with E-state index in [0.717, 1.165) is 19.1 Å². The Morgan fingerprint density at radius 1 is 1.27 bits per heavy atom. The smallest absolute Gasteiger partial charge is 0.0621 e. The zero-order valence-corrected chi connectivity index (χ0v) is 9.87. The Hall–Kier alpha value is -0.120. The summed E-state index contributed by atoms with van der Waals surface area (Å²) in [4.78, 5) is 2.52. The van der Waals surface area contributed by atoms with Crippen LogP contribution >= 0.6 is 0 Å². The second-order valence-electron chi connectivity index (χ2n) is 5.00. The minimum absolute atomic E-state index is 0.675. The highest BCUT2D eigenvalue weighted by molar-refractivity contribution is 4.76. The number of hydrogen-bond acceptors (Lipinski definition) is 3. The van der Waals surface area contributed by atoms with Crippen molar-refractivity contribution >= 4 is 0 Å². The summed E-state index contributed by atoms with van der Waals surface area (Å²) in [6, 6.07) is 0.675. The summed E-state index contributed by atoms with van der Waals surface area (Å²) >= 11 is 0. The fourth-order valence-electron chi connectivity index (χ4n) is 2.69. The normalized spacial score (nSPS) is 29.6. The molecule has 0 aliphatic carbocycles. The third kappa shape index (κ3) is 3.44. The fraction of sp³-hybridized carbons (Fsp3) is 1.00. The predicted octanol–water partition coefficient (Wildman–Crippen LogP) is 1.10. The molecule has 2 fully saturated rings. The average Bonchev–Trinajstić information content (AvgIpc) is 2.31. The minimum atomic E-state index is 0.675. The van der Waals surface area contributed by atoms with Crippen LogP contribution in [0.5, 0.6) is 0 Å². The molecule has 2 rings (SSSR count). The molecule has 3 heteroatoms. The highest BCUT2D eigenvalue weighted by Crippen LogP contribution is 2.17. The fourth-order valence-corrected chi connectivity index (χ4v) is 2.69. The van der Waals surface area contributed by atoms with Gasteiger partial charge in [-0.1, -0.05) is 0 Å². The topological polar surface area (TPSA) is 24.5 Å². The number of ether oxygens (including phenoxy) is 1. The van der Waals surface area contributed by atoms with Crippen molar-refractivity contribution in [3.05, 3.63) is 0 Å². The second kappa shape index (κ2) is 5.83. The Morgan fingerprint density at radius 2 is 2.07 bits per heavy atom. The number of hydrogen-bond donors (Lipinski definition) is 1. The molecule has 15 heavy (non-hydrogen) atoms. The van der Waals surface area contributed by atoms with Crippen molar-refractivity contribution in [3.63, 3.8) is 0 Å². The maximum absolute atomic E-state index is 5.54. The molecule has 3 nitrogen and oxygen atoms in total. The van der Waals surface area contributed by atoms with Crippen LogP contribution in [0.4, 0.5) is 0 Å². The lowest BCUT2D eigenvalue weighted by molar-refractivity contribution is 0.0210. The molecule has 2 saturated heterocycles. The van der Waals surface area contributed by atoms with E-state index in [-0.39, 0.29) is 0 Å². The number of piperidine rings is 1. The Balaban J connectivity index is 1.72. The first-order valence-corrected chi connectivity index (χ1v) is 6.35. The summed E-state index contributed by atoms with van der Waals surface area (Å²) < 4.78 is 5.54. The zero-order chi connectivity index (χ0) is 10.5. The average molecular weight is 212 g/mol. The molecule has 0 saturated carbocycles. The van der Waals surface area contributed by atoms with E-state index in [9.17, 15) is 0 Å². The van der Waals surface area contributed by atoms with Crippen molar-refractivity contribution in [2.24, 2.45) is 5.92 Å². The first-order valence-electron chi connectivity index (χ1n) is 6.35. The molecule has 2 heterocycles. The van der Waals surface area contributed by atoms with E-state index in [1.807, 2.05) is 0 Å². The Labute approximate surface area is 93.2 Å². The van der Waals surface area contributed by atoms with Crippen LogP contribution in [0.2, 0.25) is 0 Å². The van der Waals surface area contributed by atoms with Crippen LogP contribution in [0.3, 0.4) is 0 Å². The van der Waals surface area contributed by atoms with Gasteiger partial charge in [-0.2, -0.15) is 0 Å². The molecule has 2 aliphatic rings. The van der Waals surface area contributed by atoms with E-state index >= 15 is 0 Å². The van der Waals surface area contributed by atoms with Crippen LogP contribution in [0.15, 0.2) is 0 Å². The van der Waals surface area contributed by atoms with Crippen molar-refractivity contribution in [3.8, 4) is 0 Å². The van der Waals surface area contributed by atoms with Gasteiger partial charge in [0.2, 0.25) is 0 Å². The molecule has 0 spiro atoms. The number of likely N-dealkylation sites (N-methyl/N-ethyl adjacent to an activating group) is 1. The Bertz CT molecular complexity index is 174. The van der Waals surface area contributed by atoms with Gasteiger partial charge in [0.25, 0.3) is 0 Å². The molecule has 0 bridgehead atoms. The van der Waals surface area contributed by atoms with Crippen LogP contribution < -0.4 is 5.32 Å². The molecule has 0 amide bonds. The summed E-state index contributed by atoms with van der Waals surface area (Å²) in [5, 5.41) is 3.42. The van der Waals surface area contributed by atoms with E-state index in [1.54, 1.807) is 0 Å². The van der Waals surface area contributed by atoms with Crippen LogP contribution in [0, 0.1) is 5.92 Å². The molecule has 1 N–H and O–H groups in total. The zero-order valence-electron chi connectivity index (χ0n) is 9.87. The first kappa shape index (κ1) is 11.4. The minimum Gasteiger partial charge on any atom is -0.380 e. The lowest BCUT2D eigenvalue weighted by atomic mass is 9.96. The van der Waals surface area contributed by atoms with Gasteiger partial charge in [0.05, 0.1) is 6.61 Å². The molecule has 0 aromatic rings. The quantitative estimate of drug-likeness (QED) is 0.758.